The number of rotatable bonds is 0. The molecule has 0 saturated carbocycles. The van der Waals surface area contributed by atoms with Crippen LogP contribution < -0.4 is 5.32 Å². The zero-order chi connectivity index (χ0) is 12.1. The van der Waals surface area contributed by atoms with E-state index < -0.39 is 0 Å². The molecule has 0 bridgehead atoms. The maximum Gasteiger partial charge on any atom is 0.189 e. The van der Waals surface area contributed by atoms with Crippen LogP contribution in [-0.2, 0) is 0 Å². The SMILES string of the molecule is CN(C)C(=S)NC(=S)N1CCCCCN1C. The second kappa shape index (κ2) is 6.32. The lowest BCUT2D eigenvalue weighted by Gasteiger charge is -2.32. The molecule has 1 fully saturated rings. The fraction of sp³-hybridized carbons (Fsp3) is 0.800. The summed E-state index contributed by atoms with van der Waals surface area (Å²) < 4.78 is 0. The van der Waals surface area contributed by atoms with Crippen LogP contribution in [0.5, 0.6) is 0 Å². The van der Waals surface area contributed by atoms with Crippen LogP contribution in [0, 0.1) is 0 Å². The predicted octanol–water partition coefficient (Wildman–Crippen LogP) is 1.04. The van der Waals surface area contributed by atoms with Crippen molar-refractivity contribution in [3.05, 3.63) is 0 Å². The molecule has 0 aromatic heterocycles. The fourth-order valence-corrected chi connectivity index (χ4v) is 2.08. The van der Waals surface area contributed by atoms with Crippen molar-refractivity contribution in [1.29, 1.82) is 0 Å². The Labute approximate surface area is 109 Å². The summed E-state index contributed by atoms with van der Waals surface area (Å²) in [5, 5.41) is 8.70. The molecule has 0 atom stereocenters. The molecule has 92 valence electrons. The van der Waals surface area contributed by atoms with Gasteiger partial charge in [0.1, 0.15) is 0 Å². The first kappa shape index (κ1) is 13.6. The average Bonchev–Trinajstić information content (AvgIpc) is 2.42. The summed E-state index contributed by atoms with van der Waals surface area (Å²) in [4.78, 5) is 1.85. The third-order valence-corrected chi connectivity index (χ3v) is 3.40. The minimum Gasteiger partial charge on any atom is -0.355 e. The number of hydrogen-bond donors (Lipinski definition) is 1. The van der Waals surface area contributed by atoms with E-state index in [-0.39, 0.29) is 0 Å². The number of nitrogens with one attached hydrogen (secondary N) is 1. The van der Waals surface area contributed by atoms with Crippen molar-refractivity contribution in [2.75, 3.05) is 34.2 Å². The van der Waals surface area contributed by atoms with Gasteiger partial charge in [0.25, 0.3) is 0 Å². The minimum absolute atomic E-state index is 0.655. The van der Waals surface area contributed by atoms with Crippen LogP contribution in [-0.4, -0.2) is 59.4 Å². The van der Waals surface area contributed by atoms with Gasteiger partial charge in [0.15, 0.2) is 10.2 Å². The zero-order valence-electron chi connectivity index (χ0n) is 10.2. The maximum atomic E-state index is 5.37. The number of thiocarbonyl (C=S) groups is 2. The molecule has 0 unspecified atom stereocenters. The van der Waals surface area contributed by atoms with E-state index in [1.165, 1.54) is 19.3 Å². The molecule has 1 aliphatic rings. The molecule has 1 heterocycles. The number of hydrazine groups is 1. The lowest BCUT2D eigenvalue weighted by atomic mass is 10.2. The van der Waals surface area contributed by atoms with Crippen molar-refractivity contribution in [2.45, 2.75) is 19.3 Å². The van der Waals surface area contributed by atoms with Gasteiger partial charge < -0.3 is 10.2 Å². The van der Waals surface area contributed by atoms with E-state index in [4.69, 9.17) is 24.4 Å². The molecular weight excluding hydrogens is 240 g/mol. The van der Waals surface area contributed by atoms with Crippen molar-refractivity contribution in [3.63, 3.8) is 0 Å². The maximum absolute atomic E-state index is 5.37. The van der Waals surface area contributed by atoms with Gasteiger partial charge in [-0.3, -0.25) is 5.01 Å². The molecule has 0 spiro atoms. The van der Waals surface area contributed by atoms with Crippen LogP contribution in [0.3, 0.4) is 0 Å². The summed E-state index contributed by atoms with van der Waals surface area (Å²) in [6.45, 7) is 2.02. The third-order valence-electron chi connectivity index (χ3n) is 2.62. The first-order valence-corrected chi connectivity index (χ1v) is 6.35. The van der Waals surface area contributed by atoms with Crippen molar-refractivity contribution in [1.82, 2.24) is 20.2 Å². The van der Waals surface area contributed by atoms with Gasteiger partial charge in [0.2, 0.25) is 0 Å². The lowest BCUT2D eigenvalue weighted by Crippen LogP contribution is -2.52. The van der Waals surface area contributed by atoms with Gasteiger partial charge in [-0.05, 0) is 37.3 Å². The summed E-state index contributed by atoms with van der Waals surface area (Å²) >= 11 is 10.5. The molecule has 0 aromatic rings. The molecule has 6 heteroatoms. The topological polar surface area (TPSA) is 21.8 Å². The summed E-state index contributed by atoms with van der Waals surface area (Å²) in [5.74, 6) is 0. The Morgan fingerprint density at radius 2 is 1.75 bits per heavy atom. The molecule has 1 saturated heterocycles. The highest BCUT2D eigenvalue weighted by Gasteiger charge is 2.18. The Kier molecular flexibility index (Phi) is 5.37. The Bertz CT molecular complexity index is 268. The van der Waals surface area contributed by atoms with E-state index >= 15 is 0 Å². The zero-order valence-corrected chi connectivity index (χ0v) is 11.8. The monoisotopic (exact) mass is 260 g/mol. The van der Waals surface area contributed by atoms with E-state index in [0.717, 1.165) is 13.1 Å². The van der Waals surface area contributed by atoms with E-state index in [1.807, 2.05) is 19.0 Å². The van der Waals surface area contributed by atoms with E-state index in [0.29, 0.717) is 10.2 Å². The normalized spacial score (nSPS) is 17.8. The lowest BCUT2D eigenvalue weighted by molar-refractivity contribution is 0.0893. The Morgan fingerprint density at radius 1 is 1.12 bits per heavy atom. The summed E-state index contributed by atoms with van der Waals surface area (Å²) in [5.41, 5.74) is 0. The third kappa shape index (κ3) is 3.84. The quantitative estimate of drug-likeness (QED) is 0.653. The van der Waals surface area contributed by atoms with Gasteiger partial charge >= 0.3 is 0 Å². The fourth-order valence-electron chi connectivity index (χ4n) is 1.59. The van der Waals surface area contributed by atoms with Crippen molar-refractivity contribution in [2.24, 2.45) is 0 Å². The van der Waals surface area contributed by atoms with Gasteiger partial charge in [-0.1, -0.05) is 6.42 Å². The molecule has 1 rings (SSSR count). The molecular formula is C10H20N4S2. The van der Waals surface area contributed by atoms with Crippen LogP contribution in [0.15, 0.2) is 0 Å². The average molecular weight is 260 g/mol. The van der Waals surface area contributed by atoms with E-state index in [2.05, 4.69) is 22.4 Å². The standard InChI is InChI=1S/C10H20N4S2/c1-12(2)9(15)11-10(16)14-8-6-4-5-7-13(14)3/h4-8H2,1-3H3,(H,11,15,16). The minimum atomic E-state index is 0.655. The number of nitrogens with zero attached hydrogens (tertiary/aromatic N) is 3. The van der Waals surface area contributed by atoms with Crippen molar-refractivity contribution >= 4 is 34.7 Å². The van der Waals surface area contributed by atoms with Crippen molar-refractivity contribution < 1.29 is 0 Å². The Morgan fingerprint density at radius 3 is 2.38 bits per heavy atom. The van der Waals surface area contributed by atoms with E-state index in [1.54, 1.807) is 0 Å². The van der Waals surface area contributed by atoms with Gasteiger partial charge in [0, 0.05) is 34.2 Å². The first-order valence-electron chi connectivity index (χ1n) is 5.53. The Hall–Kier alpha value is -0.460. The largest absolute Gasteiger partial charge is 0.355 e. The van der Waals surface area contributed by atoms with Gasteiger partial charge in [-0.15, -0.1) is 0 Å². The van der Waals surface area contributed by atoms with Crippen LogP contribution in [0.1, 0.15) is 19.3 Å². The molecule has 16 heavy (non-hydrogen) atoms. The number of hydrogen-bond acceptors (Lipinski definition) is 3. The molecule has 0 amide bonds. The Balaban J connectivity index is 2.54. The highest BCUT2D eigenvalue weighted by atomic mass is 32.1. The summed E-state index contributed by atoms with van der Waals surface area (Å²) in [6, 6.07) is 0. The molecule has 0 aromatic carbocycles. The molecule has 1 N–H and O–H groups in total. The van der Waals surface area contributed by atoms with Crippen LogP contribution in [0.25, 0.3) is 0 Å². The second-order valence-corrected chi connectivity index (χ2v) is 4.97. The smallest absolute Gasteiger partial charge is 0.189 e. The highest BCUT2D eigenvalue weighted by molar-refractivity contribution is 7.81. The van der Waals surface area contributed by atoms with Crippen LogP contribution in [0.4, 0.5) is 0 Å². The second-order valence-electron chi connectivity index (χ2n) is 4.19. The van der Waals surface area contributed by atoms with Gasteiger partial charge in [0.05, 0.1) is 0 Å². The molecule has 1 aliphatic heterocycles. The predicted molar refractivity (Wildman–Crippen MR) is 75.2 cm³/mol. The van der Waals surface area contributed by atoms with Gasteiger partial charge in [-0.2, -0.15) is 0 Å². The van der Waals surface area contributed by atoms with Crippen LogP contribution >= 0.6 is 24.4 Å². The highest BCUT2D eigenvalue weighted by Crippen LogP contribution is 2.09. The molecule has 4 nitrogen and oxygen atoms in total. The molecule has 0 radical (unpaired) electrons. The van der Waals surface area contributed by atoms with E-state index in [9.17, 15) is 0 Å². The van der Waals surface area contributed by atoms with Crippen molar-refractivity contribution in [3.8, 4) is 0 Å². The van der Waals surface area contributed by atoms with Crippen LogP contribution in [0.2, 0.25) is 0 Å². The summed E-state index contributed by atoms with van der Waals surface area (Å²) in [7, 11) is 5.88. The first-order chi connectivity index (χ1) is 7.52. The van der Waals surface area contributed by atoms with Gasteiger partial charge in [-0.25, -0.2) is 5.01 Å². The summed E-state index contributed by atoms with van der Waals surface area (Å²) in [6.07, 6.45) is 3.68. The molecule has 0 aliphatic carbocycles.